The summed E-state index contributed by atoms with van der Waals surface area (Å²) in [6, 6.07) is 15.1. The van der Waals surface area contributed by atoms with E-state index in [-0.39, 0.29) is 6.54 Å². The molecule has 0 bridgehead atoms. The molecule has 11 heteroatoms. The number of amides is 3. The lowest BCUT2D eigenvalue weighted by Crippen LogP contribution is -2.34. The molecule has 3 heterocycles. The molecule has 0 saturated carbocycles. The van der Waals surface area contributed by atoms with Crippen LogP contribution in [0.3, 0.4) is 0 Å². The van der Waals surface area contributed by atoms with Crippen molar-refractivity contribution in [2.45, 2.75) is 13.5 Å². The molecule has 172 valence electrons. The highest BCUT2D eigenvalue weighted by Gasteiger charge is 2.16. The van der Waals surface area contributed by atoms with Gasteiger partial charge in [0.05, 0.1) is 18.5 Å². The van der Waals surface area contributed by atoms with Crippen molar-refractivity contribution in [3.05, 3.63) is 88.7 Å². The van der Waals surface area contributed by atoms with Crippen molar-refractivity contribution in [1.29, 1.82) is 0 Å². The zero-order valence-corrected chi connectivity index (χ0v) is 18.7. The van der Waals surface area contributed by atoms with Crippen LogP contribution in [-0.2, 0) is 16.1 Å². The van der Waals surface area contributed by atoms with Crippen LogP contribution in [0.4, 0.5) is 5.69 Å². The third-order valence-corrected chi connectivity index (χ3v) is 4.91. The van der Waals surface area contributed by atoms with Crippen molar-refractivity contribution in [3.8, 4) is 0 Å². The van der Waals surface area contributed by atoms with Crippen LogP contribution in [0.15, 0.2) is 70.3 Å². The van der Waals surface area contributed by atoms with Crippen molar-refractivity contribution in [2.75, 3.05) is 5.32 Å². The van der Waals surface area contributed by atoms with E-state index in [2.05, 4.69) is 26.1 Å². The van der Waals surface area contributed by atoms with Crippen molar-refractivity contribution < 1.29 is 18.8 Å². The predicted octanol–water partition coefficient (Wildman–Crippen LogP) is 2.91. The monoisotopic (exact) mass is 478 g/mol. The van der Waals surface area contributed by atoms with Gasteiger partial charge in [0.25, 0.3) is 5.91 Å². The van der Waals surface area contributed by atoms with Crippen LogP contribution >= 0.6 is 11.6 Å². The summed E-state index contributed by atoms with van der Waals surface area (Å²) in [5, 5.41) is 9.27. The number of hydrogen-bond donors (Lipinski definition) is 3. The fourth-order valence-corrected chi connectivity index (χ4v) is 3.35. The van der Waals surface area contributed by atoms with Crippen LogP contribution in [0.5, 0.6) is 0 Å². The Kier molecular flexibility index (Phi) is 6.69. The van der Waals surface area contributed by atoms with Crippen molar-refractivity contribution in [3.63, 3.8) is 0 Å². The molecule has 0 aliphatic rings. The number of hydrogen-bond acceptors (Lipinski definition) is 6. The molecule has 4 aromatic rings. The third kappa shape index (κ3) is 5.30. The van der Waals surface area contributed by atoms with E-state index >= 15 is 0 Å². The van der Waals surface area contributed by atoms with Gasteiger partial charge in [-0.1, -0.05) is 23.7 Å². The maximum Gasteiger partial charge on any atom is 0.313 e. The Morgan fingerprint density at radius 1 is 1.12 bits per heavy atom. The van der Waals surface area contributed by atoms with Gasteiger partial charge >= 0.3 is 11.8 Å². The summed E-state index contributed by atoms with van der Waals surface area (Å²) in [6.45, 7) is 1.73. The number of hydrazone groups is 1. The number of halogens is 1. The summed E-state index contributed by atoms with van der Waals surface area (Å²) < 4.78 is 7.21. The summed E-state index contributed by atoms with van der Waals surface area (Å²) in [6.07, 6.45) is 3.07. The minimum absolute atomic E-state index is 0.0109. The Morgan fingerprint density at radius 2 is 1.97 bits per heavy atom. The Hall–Kier alpha value is -4.44. The molecule has 3 N–H and O–H groups in total. The number of nitrogens with zero attached hydrogens (tertiary/aromatic N) is 3. The Bertz CT molecular complexity index is 1410. The van der Waals surface area contributed by atoms with Gasteiger partial charge in [0.1, 0.15) is 22.9 Å². The van der Waals surface area contributed by atoms with Crippen molar-refractivity contribution >= 4 is 46.9 Å². The molecule has 0 aliphatic heterocycles. The lowest BCUT2D eigenvalue weighted by Gasteiger charge is -2.05. The lowest BCUT2D eigenvalue weighted by atomic mass is 10.3. The molecule has 4 rings (SSSR count). The molecule has 0 spiro atoms. The highest BCUT2D eigenvalue weighted by atomic mass is 35.5. The number of carbonyl (C=O) groups excluding carboxylic acids is 3. The molecule has 1 aromatic carbocycles. The molecule has 10 nitrogen and oxygen atoms in total. The number of imidazole rings is 1. The number of aryl methyl sites for hydroxylation is 1. The van der Waals surface area contributed by atoms with Crippen LogP contribution in [0.2, 0.25) is 5.02 Å². The van der Waals surface area contributed by atoms with Gasteiger partial charge in [-0.3, -0.25) is 18.8 Å². The molecule has 0 atom stereocenters. The topological polar surface area (TPSA) is 130 Å². The molecule has 0 fully saturated rings. The van der Waals surface area contributed by atoms with Gasteiger partial charge in [0.2, 0.25) is 0 Å². The number of carbonyl (C=O) groups is 3. The second kappa shape index (κ2) is 10.0. The van der Waals surface area contributed by atoms with Crippen LogP contribution < -0.4 is 16.1 Å². The number of benzene rings is 1. The van der Waals surface area contributed by atoms with Crippen LogP contribution in [0, 0.1) is 6.92 Å². The number of furan rings is 1. The zero-order chi connectivity index (χ0) is 24.1. The molecule has 0 saturated heterocycles. The van der Waals surface area contributed by atoms with Gasteiger partial charge in [0, 0.05) is 16.9 Å². The first kappa shape index (κ1) is 22.7. The summed E-state index contributed by atoms with van der Waals surface area (Å²) in [4.78, 5) is 40.9. The molecular weight excluding hydrogens is 460 g/mol. The molecule has 0 radical (unpaired) electrons. The summed E-state index contributed by atoms with van der Waals surface area (Å²) >= 11 is 5.86. The Morgan fingerprint density at radius 3 is 2.79 bits per heavy atom. The van der Waals surface area contributed by atoms with E-state index in [1.54, 1.807) is 60.0 Å². The molecule has 3 amide bonds. The number of pyridine rings is 1. The van der Waals surface area contributed by atoms with E-state index in [4.69, 9.17) is 16.0 Å². The highest BCUT2D eigenvalue weighted by molar-refractivity contribution is 6.39. The lowest BCUT2D eigenvalue weighted by molar-refractivity contribution is -0.136. The van der Waals surface area contributed by atoms with Crippen LogP contribution in [0.25, 0.3) is 5.65 Å². The van der Waals surface area contributed by atoms with E-state index in [1.165, 1.54) is 12.3 Å². The summed E-state index contributed by atoms with van der Waals surface area (Å²) in [5.74, 6) is -1.34. The predicted molar refractivity (Wildman–Crippen MR) is 126 cm³/mol. The van der Waals surface area contributed by atoms with Crippen molar-refractivity contribution in [2.24, 2.45) is 5.10 Å². The smallest absolute Gasteiger partial charge is 0.313 e. The van der Waals surface area contributed by atoms with Gasteiger partial charge < -0.3 is 15.1 Å². The van der Waals surface area contributed by atoms with Gasteiger partial charge in [0.15, 0.2) is 0 Å². The Labute approximate surface area is 198 Å². The average Bonchev–Trinajstić information content (AvgIpc) is 3.40. The number of rotatable bonds is 6. The van der Waals surface area contributed by atoms with E-state index < -0.39 is 17.7 Å². The largest absolute Gasteiger partial charge is 0.458 e. The SMILES string of the molecule is Cc1nc2ccccn2c1C(=O)N/N=C/c1ccc(CNC(=O)C(=O)Nc2cccc(Cl)c2)o1. The fraction of sp³-hybridized carbons (Fsp3) is 0.0870. The maximum atomic E-state index is 12.5. The van der Waals surface area contributed by atoms with E-state index in [9.17, 15) is 14.4 Å². The van der Waals surface area contributed by atoms with E-state index in [0.29, 0.717) is 39.3 Å². The maximum absolute atomic E-state index is 12.5. The first-order valence-electron chi connectivity index (χ1n) is 10.1. The second-order valence-corrected chi connectivity index (χ2v) is 7.56. The quantitative estimate of drug-likeness (QED) is 0.223. The first-order valence-corrected chi connectivity index (χ1v) is 10.5. The first-order chi connectivity index (χ1) is 16.4. The van der Waals surface area contributed by atoms with Crippen molar-refractivity contribution in [1.82, 2.24) is 20.1 Å². The normalized spacial score (nSPS) is 11.0. The van der Waals surface area contributed by atoms with Crippen LogP contribution in [-0.4, -0.2) is 33.3 Å². The summed E-state index contributed by atoms with van der Waals surface area (Å²) in [7, 11) is 0. The number of fused-ring (bicyclic) bond motifs is 1. The van der Waals surface area contributed by atoms with E-state index in [1.807, 2.05) is 6.07 Å². The summed E-state index contributed by atoms with van der Waals surface area (Å²) in [5.41, 5.74) is 4.47. The van der Waals surface area contributed by atoms with Gasteiger partial charge in [-0.2, -0.15) is 5.10 Å². The molecule has 0 aliphatic carbocycles. The minimum Gasteiger partial charge on any atom is -0.458 e. The third-order valence-electron chi connectivity index (χ3n) is 4.67. The van der Waals surface area contributed by atoms with Gasteiger partial charge in [-0.05, 0) is 49.4 Å². The minimum atomic E-state index is -0.832. The fourth-order valence-electron chi connectivity index (χ4n) is 3.16. The van der Waals surface area contributed by atoms with Gasteiger partial charge in [-0.15, -0.1) is 0 Å². The number of anilines is 1. The molecule has 3 aromatic heterocycles. The second-order valence-electron chi connectivity index (χ2n) is 7.13. The zero-order valence-electron chi connectivity index (χ0n) is 17.9. The van der Waals surface area contributed by atoms with Gasteiger partial charge in [-0.25, -0.2) is 10.4 Å². The standard InChI is InChI=1S/C23H19ClN6O4/c1-14-20(30-10-3-2-7-19(30)27-14)21(31)29-26-13-18-9-8-17(34-18)12-25-22(32)23(33)28-16-6-4-5-15(24)11-16/h2-11,13H,12H2,1H3,(H,25,32)(H,28,33)(H,29,31)/b26-13+. The number of aromatic nitrogens is 2. The average molecular weight is 479 g/mol. The molecule has 0 unspecified atom stereocenters. The molecular formula is C23H19ClN6O4. The highest BCUT2D eigenvalue weighted by Crippen LogP contribution is 2.15. The van der Waals surface area contributed by atoms with Crippen LogP contribution in [0.1, 0.15) is 27.7 Å². The number of nitrogens with one attached hydrogen (secondary N) is 3. The Balaban J connectivity index is 1.29. The van der Waals surface area contributed by atoms with E-state index in [0.717, 1.165) is 0 Å². The molecule has 34 heavy (non-hydrogen) atoms.